The molecule has 15 heavy (non-hydrogen) atoms. The maximum absolute atomic E-state index is 10.2. The lowest BCUT2D eigenvalue weighted by Gasteiger charge is -2.13. The molecule has 6 heteroatoms. The Kier molecular flexibility index (Phi) is 2.95. The first-order valence-corrected chi connectivity index (χ1v) is 4.16. The number of nitrogens with zero attached hydrogens (tertiary/aromatic N) is 3. The Morgan fingerprint density at radius 3 is 2.27 bits per heavy atom. The van der Waals surface area contributed by atoms with E-state index in [9.17, 15) is 9.59 Å². The first-order valence-electron chi connectivity index (χ1n) is 4.16. The molecule has 0 saturated heterocycles. The maximum Gasteiger partial charge on any atom is 0.242 e. The van der Waals surface area contributed by atoms with Crippen LogP contribution in [0.1, 0.15) is 26.5 Å². The van der Waals surface area contributed by atoms with Gasteiger partial charge in [0.1, 0.15) is 0 Å². The van der Waals surface area contributed by atoms with Crippen molar-refractivity contribution in [1.82, 2.24) is 5.16 Å². The fraction of sp³-hybridized carbons (Fsp3) is 0.444. The monoisotopic (exact) mass is 207 g/mol. The van der Waals surface area contributed by atoms with Crippen LogP contribution in [0.2, 0.25) is 0 Å². The number of rotatable bonds is 2. The van der Waals surface area contributed by atoms with Crippen LogP contribution >= 0.6 is 0 Å². The summed E-state index contributed by atoms with van der Waals surface area (Å²) in [6.07, 6.45) is 2.68. The minimum Gasteiger partial charge on any atom is -0.356 e. The topological polar surface area (TPSA) is 84.9 Å². The number of hydrogen-bond acceptors (Lipinski definition) is 6. The fourth-order valence-corrected chi connectivity index (χ4v) is 1.03. The van der Waals surface area contributed by atoms with E-state index in [1.165, 1.54) is 12.2 Å². The summed E-state index contributed by atoms with van der Waals surface area (Å²) in [6, 6.07) is 0. The molecule has 0 aliphatic carbocycles. The first kappa shape index (κ1) is 11.0. The second kappa shape index (κ2) is 4.00. The Morgan fingerprint density at radius 2 is 1.80 bits per heavy atom. The minimum absolute atomic E-state index is 0.0572. The summed E-state index contributed by atoms with van der Waals surface area (Å²) in [7, 11) is 0. The number of isocyanates is 2. The van der Waals surface area contributed by atoms with E-state index in [4.69, 9.17) is 4.52 Å². The summed E-state index contributed by atoms with van der Waals surface area (Å²) in [5, 5.41) is 3.51. The van der Waals surface area contributed by atoms with Crippen LogP contribution in [0, 0.1) is 0 Å². The van der Waals surface area contributed by atoms with Crippen LogP contribution in [0.4, 0.5) is 11.5 Å². The molecular weight excluding hydrogens is 198 g/mol. The van der Waals surface area contributed by atoms with E-state index in [0.717, 1.165) is 0 Å². The average molecular weight is 207 g/mol. The standard InChI is InChI=1S/C9H9N3O3/c1-9(2,3)7-6(10-4-13)8(11-5-14)12-15-7/h1-3H3. The lowest BCUT2D eigenvalue weighted by molar-refractivity contribution is 0.331. The molecule has 1 heterocycles. The predicted molar refractivity (Wildman–Crippen MR) is 50.8 cm³/mol. The van der Waals surface area contributed by atoms with E-state index in [0.29, 0.717) is 5.76 Å². The van der Waals surface area contributed by atoms with Crippen molar-refractivity contribution in [1.29, 1.82) is 0 Å². The lowest BCUT2D eigenvalue weighted by Crippen LogP contribution is -2.09. The molecule has 0 aliphatic rings. The zero-order valence-corrected chi connectivity index (χ0v) is 8.57. The Balaban J connectivity index is 3.42. The van der Waals surface area contributed by atoms with Crippen molar-refractivity contribution in [3.05, 3.63) is 5.76 Å². The van der Waals surface area contributed by atoms with Gasteiger partial charge in [-0.2, -0.15) is 4.99 Å². The molecule has 0 unspecified atom stereocenters. The van der Waals surface area contributed by atoms with Gasteiger partial charge in [0.15, 0.2) is 11.4 Å². The van der Waals surface area contributed by atoms with Crippen molar-refractivity contribution < 1.29 is 14.1 Å². The van der Waals surface area contributed by atoms with Crippen LogP contribution < -0.4 is 0 Å². The highest BCUT2D eigenvalue weighted by Gasteiger charge is 2.26. The predicted octanol–water partition coefficient (Wildman–Crippen LogP) is 1.91. The molecule has 0 atom stereocenters. The van der Waals surface area contributed by atoms with Crippen LogP contribution in [0.15, 0.2) is 14.5 Å². The Hall–Kier alpha value is -2.03. The van der Waals surface area contributed by atoms with Crippen LogP contribution in [0.25, 0.3) is 0 Å². The largest absolute Gasteiger partial charge is 0.356 e. The molecule has 0 aliphatic heterocycles. The minimum atomic E-state index is -0.390. The molecule has 1 aromatic heterocycles. The molecule has 0 N–H and O–H groups in total. The van der Waals surface area contributed by atoms with Gasteiger partial charge in [-0.25, -0.2) is 9.59 Å². The normalized spacial score (nSPS) is 10.3. The Bertz CT molecular complexity index is 457. The lowest BCUT2D eigenvalue weighted by atomic mass is 9.92. The van der Waals surface area contributed by atoms with E-state index >= 15 is 0 Å². The number of carbonyl (C=O) groups excluding carboxylic acids is 2. The van der Waals surface area contributed by atoms with Gasteiger partial charge in [-0.15, -0.1) is 4.99 Å². The van der Waals surface area contributed by atoms with Crippen molar-refractivity contribution in [2.45, 2.75) is 26.2 Å². The number of aliphatic imine (C=N–C) groups is 2. The van der Waals surface area contributed by atoms with Crippen molar-refractivity contribution in [2.24, 2.45) is 9.98 Å². The summed E-state index contributed by atoms with van der Waals surface area (Å²) in [5.74, 6) is 0.318. The summed E-state index contributed by atoms with van der Waals surface area (Å²) >= 11 is 0. The smallest absolute Gasteiger partial charge is 0.242 e. The molecular formula is C9H9N3O3. The summed E-state index contributed by atoms with van der Waals surface area (Å²) in [4.78, 5) is 27.0. The molecule has 1 rings (SSSR count). The molecule has 0 radical (unpaired) electrons. The summed E-state index contributed by atoms with van der Waals surface area (Å²) in [5.41, 5.74) is -0.264. The summed E-state index contributed by atoms with van der Waals surface area (Å²) < 4.78 is 4.97. The third kappa shape index (κ3) is 2.26. The third-order valence-electron chi connectivity index (χ3n) is 1.64. The quantitative estimate of drug-likeness (QED) is 0.547. The van der Waals surface area contributed by atoms with Gasteiger partial charge in [-0.05, 0) is 0 Å². The molecule has 0 bridgehead atoms. The highest BCUT2D eigenvalue weighted by molar-refractivity contribution is 5.67. The fourth-order valence-electron chi connectivity index (χ4n) is 1.03. The molecule has 6 nitrogen and oxygen atoms in total. The molecule has 0 amide bonds. The van der Waals surface area contributed by atoms with Gasteiger partial charge in [0, 0.05) is 5.41 Å². The SMILES string of the molecule is CC(C)(C)c1onc(N=C=O)c1N=C=O. The second-order valence-electron chi connectivity index (χ2n) is 3.84. The van der Waals surface area contributed by atoms with Crippen LogP contribution in [-0.4, -0.2) is 17.3 Å². The molecule has 0 fully saturated rings. The zero-order valence-electron chi connectivity index (χ0n) is 8.57. The van der Waals surface area contributed by atoms with E-state index in [1.807, 2.05) is 20.8 Å². The van der Waals surface area contributed by atoms with Gasteiger partial charge in [-0.3, -0.25) is 0 Å². The van der Waals surface area contributed by atoms with Gasteiger partial charge >= 0.3 is 0 Å². The number of hydrogen-bond donors (Lipinski definition) is 0. The highest BCUT2D eigenvalue weighted by Crippen LogP contribution is 2.37. The van der Waals surface area contributed by atoms with Gasteiger partial charge < -0.3 is 4.52 Å². The van der Waals surface area contributed by atoms with Crippen LogP contribution in [0.3, 0.4) is 0 Å². The van der Waals surface area contributed by atoms with Crippen LogP contribution in [-0.2, 0) is 15.0 Å². The molecule has 78 valence electrons. The summed E-state index contributed by atoms with van der Waals surface area (Å²) in [6.45, 7) is 5.56. The zero-order chi connectivity index (χ0) is 11.5. The average Bonchev–Trinajstić information content (AvgIpc) is 2.49. The Morgan fingerprint density at radius 1 is 1.20 bits per heavy atom. The Labute approximate surface area is 85.7 Å². The third-order valence-corrected chi connectivity index (χ3v) is 1.64. The first-order chi connectivity index (χ1) is 7.00. The van der Waals surface area contributed by atoms with E-state index in [1.54, 1.807) is 0 Å². The van der Waals surface area contributed by atoms with Crippen LogP contribution in [0.5, 0.6) is 0 Å². The van der Waals surface area contributed by atoms with Gasteiger partial charge in [0.05, 0.1) is 0 Å². The molecule has 0 aromatic carbocycles. The van der Waals surface area contributed by atoms with Crippen molar-refractivity contribution >= 4 is 23.7 Å². The van der Waals surface area contributed by atoms with Crippen molar-refractivity contribution in [3.8, 4) is 0 Å². The van der Waals surface area contributed by atoms with Crippen molar-refractivity contribution in [3.63, 3.8) is 0 Å². The molecule has 1 aromatic rings. The van der Waals surface area contributed by atoms with E-state index in [-0.39, 0.29) is 16.9 Å². The maximum atomic E-state index is 10.2. The van der Waals surface area contributed by atoms with E-state index < -0.39 is 0 Å². The van der Waals surface area contributed by atoms with Gasteiger partial charge in [-0.1, -0.05) is 25.9 Å². The van der Waals surface area contributed by atoms with Gasteiger partial charge in [0.25, 0.3) is 0 Å². The molecule has 0 saturated carbocycles. The second-order valence-corrected chi connectivity index (χ2v) is 3.84. The van der Waals surface area contributed by atoms with Gasteiger partial charge in [0.2, 0.25) is 18.0 Å². The number of aromatic nitrogens is 1. The molecule has 0 spiro atoms. The van der Waals surface area contributed by atoms with Crippen molar-refractivity contribution in [2.75, 3.05) is 0 Å². The van der Waals surface area contributed by atoms with E-state index in [2.05, 4.69) is 15.1 Å². The highest BCUT2D eigenvalue weighted by atomic mass is 16.5.